The molecule has 2 aromatic rings. The van der Waals surface area contributed by atoms with Crippen molar-refractivity contribution in [3.8, 4) is 0 Å². The molecule has 1 aliphatic rings. The highest BCUT2D eigenvalue weighted by Crippen LogP contribution is 2.36. The van der Waals surface area contributed by atoms with Crippen molar-refractivity contribution in [2.75, 3.05) is 0 Å². The van der Waals surface area contributed by atoms with E-state index in [0.717, 1.165) is 27.3 Å². The quantitative estimate of drug-likeness (QED) is 0.825. The van der Waals surface area contributed by atoms with Crippen LogP contribution in [0, 0.1) is 0 Å². The lowest BCUT2D eigenvalue weighted by molar-refractivity contribution is 1.08. The largest absolute Gasteiger partial charge is 0.235 e. The summed E-state index contributed by atoms with van der Waals surface area (Å²) >= 11 is 10.6. The van der Waals surface area contributed by atoms with Gasteiger partial charge in [-0.2, -0.15) is 0 Å². The smallest absolute Gasteiger partial charge is 0.138 e. The van der Waals surface area contributed by atoms with Gasteiger partial charge in [-0.15, -0.1) is 5.10 Å². The summed E-state index contributed by atoms with van der Waals surface area (Å²) in [5.41, 5.74) is 3.20. The first kappa shape index (κ1) is 12.5. The standard InChI is InChI=1S/C11H8ClN3S3/c12-10-9(14-15-18-10)6-17-11-13-8-4-2-1-3-7(8)5-16-11/h1-4H,5-6H2. The zero-order valence-corrected chi connectivity index (χ0v) is 12.4. The molecule has 0 aliphatic carbocycles. The van der Waals surface area contributed by atoms with E-state index in [9.17, 15) is 0 Å². The molecule has 0 N–H and O–H groups in total. The highest BCUT2D eigenvalue weighted by atomic mass is 35.5. The summed E-state index contributed by atoms with van der Waals surface area (Å²) in [7, 11) is 0. The van der Waals surface area contributed by atoms with E-state index >= 15 is 0 Å². The summed E-state index contributed by atoms with van der Waals surface area (Å²) in [4.78, 5) is 4.63. The predicted molar refractivity (Wildman–Crippen MR) is 81.0 cm³/mol. The van der Waals surface area contributed by atoms with E-state index in [4.69, 9.17) is 11.6 Å². The number of rotatable bonds is 2. The fourth-order valence-electron chi connectivity index (χ4n) is 1.50. The average Bonchev–Trinajstić information content (AvgIpc) is 2.82. The minimum absolute atomic E-state index is 0.671. The second kappa shape index (κ2) is 5.61. The zero-order chi connectivity index (χ0) is 12.4. The van der Waals surface area contributed by atoms with Gasteiger partial charge in [-0.1, -0.05) is 57.8 Å². The lowest BCUT2D eigenvalue weighted by atomic mass is 10.2. The Bertz CT molecular complexity index is 597. The number of para-hydroxylation sites is 1. The monoisotopic (exact) mass is 313 g/mol. The molecule has 0 atom stereocenters. The summed E-state index contributed by atoms with van der Waals surface area (Å²) in [5.74, 6) is 1.70. The minimum Gasteiger partial charge on any atom is -0.235 e. The number of fused-ring (bicyclic) bond motifs is 1. The van der Waals surface area contributed by atoms with Crippen LogP contribution >= 0.6 is 46.7 Å². The Morgan fingerprint density at radius 2 is 2.22 bits per heavy atom. The molecule has 0 radical (unpaired) electrons. The molecule has 18 heavy (non-hydrogen) atoms. The van der Waals surface area contributed by atoms with Gasteiger partial charge in [0.2, 0.25) is 0 Å². The van der Waals surface area contributed by atoms with E-state index in [0.29, 0.717) is 4.34 Å². The SMILES string of the molecule is Clc1snnc1CSC1=Nc2ccccc2CS1. The van der Waals surface area contributed by atoms with E-state index in [1.165, 1.54) is 17.1 Å². The number of aromatic nitrogens is 2. The number of hydrogen-bond acceptors (Lipinski definition) is 6. The molecule has 2 heterocycles. The maximum absolute atomic E-state index is 5.97. The highest BCUT2D eigenvalue weighted by molar-refractivity contribution is 8.38. The van der Waals surface area contributed by atoms with Crippen LogP contribution in [0.1, 0.15) is 11.3 Å². The van der Waals surface area contributed by atoms with Crippen LogP contribution in [0.3, 0.4) is 0 Å². The first-order valence-electron chi connectivity index (χ1n) is 5.22. The molecular weight excluding hydrogens is 306 g/mol. The van der Waals surface area contributed by atoms with Crippen molar-refractivity contribution in [2.45, 2.75) is 11.5 Å². The van der Waals surface area contributed by atoms with E-state index in [-0.39, 0.29) is 0 Å². The molecule has 3 rings (SSSR count). The molecule has 92 valence electrons. The van der Waals surface area contributed by atoms with Crippen LogP contribution in [0.4, 0.5) is 5.69 Å². The summed E-state index contributed by atoms with van der Waals surface area (Å²) in [6.07, 6.45) is 0. The average molecular weight is 314 g/mol. The molecule has 7 heteroatoms. The Kier molecular flexibility index (Phi) is 3.88. The van der Waals surface area contributed by atoms with Gasteiger partial charge in [0.05, 0.1) is 5.69 Å². The lowest BCUT2D eigenvalue weighted by Gasteiger charge is -2.13. The fraction of sp³-hybridized carbons (Fsp3) is 0.182. The van der Waals surface area contributed by atoms with Crippen LogP contribution in [0.2, 0.25) is 4.34 Å². The molecule has 0 saturated carbocycles. The van der Waals surface area contributed by atoms with Gasteiger partial charge in [-0.3, -0.25) is 0 Å². The topological polar surface area (TPSA) is 38.1 Å². The Labute approximate surface area is 122 Å². The van der Waals surface area contributed by atoms with Gasteiger partial charge >= 0.3 is 0 Å². The molecule has 0 saturated heterocycles. The first-order valence-corrected chi connectivity index (χ1v) is 8.34. The van der Waals surface area contributed by atoms with Crippen molar-refractivity contribution in [1.29, 1.82) is 0 Å². The predicted octanol–water partition coefficient (Wildman–Crippen LogP) is 4.36. The molecule has 0 spiro atoms. The summed E-state index contributed by atoms with van der Waals surface area (Å²) in [6, 6.07) is 8.23. The highest BCUT2D eigenvalue weighted by Gasteiger charge is 2.14. The second-order valence-corrected chi connectivity index (χ2v) is 7.12. The van der Waals surface area contributed by atoms with Gasteiger partial charge in [0.15, 0.2) is 0 Å². The van der Waals surface area contributed by atoms with Gasteiger partial charge in [-0.25, -0.2) is 4.99 Å². The van der Waals surface area contributed by atoms with Crippen molar-refractivity contribution in [1.82, 2.24) is 9.59 Å². The molecule has 0 bridgehead atoms. The number of halogens is 1. The van der Waals surface area contributed by atoms with E-state index < -0.39 is 0 Å². The van der Waals surface area contributed by atoms with E-state index in [2.05, 4.69) is 20.6 Å². The maximum atomic E-state index is 5.97. The van der Waals surface area contributed by atoms with Gasteiger partial charge in [-0.05, 0) is 11.6 Å². The second-order valence-electron chi connectivity index (χ2n) is 3.58. The first-order chi connectivity index (χ1) is 8.83. The van der Waals surface area contributed by atoms with Crippen LogP contribution in [-0.4, -0.2) is 14.0 Å². The third-order valence-electron chi connectivity index (χ3n) is 2.40. The van der Waals surface area contributed by atoms with Crippen molar-refractivity contribution < 1.29 is 0 Å². The lowest BCUT2D eigenvalue weighted by Crippen LogP contribution is -1.96. The van der Waals surface area contributed by atoms with Crippen molar-refractivity contribution in [3.63, 3.8) is 0 Å². The van der Waals surface area contributed by atoms with Crippen molar-refractivity contribution >= 4 is 56.7 Å². The molecule has 0 fully saturated rings. The Morgan fingerprint density at radius 1 is 1.33 bits per heavy atom. The Hall–Kier alpha value is -0.560. The molecule has 0 unspecified atom stereocenters. The number of aliphatic imine (C=N–C) groups is 1. The summed E-state index contributed by atoms with van der Waals surface area (Å²) in [6.45, 7) is 0. The molecule has 1 aromatic carbocycles. The molecule has 0 amide bonds. The molecular formula is C11H8ClN3S3. The van der Waals surface area contributed by atoms with Gasteiger partial charge < -0.3 is 0 Å². The zero-order valence-electron chi connectivity index (χ0n) is 9.17. The number of thioether (sulfide) groups is 2. The van der Waals surface area contributed by atoms with Gasteiger partial charge in [0.1, 0.15) is 14.4 Å². The minimum atomic E-state index is 0.671. The fourth-order valence-corrected chi connectivity index (χ4v) is 4.29. The summed E-state index contributed by atoms with van der Waals surface area (Å²) < 4.78 is 5.56. The van der Waals surface area contributed by atoms with Gasteiger partial charge in [0.25, 0.3) is 0 Å². The third-order valence-corrected chi connectivity index (χ3v) is 5.64. The van der Waals surface area contributed by atoms with Crippen LogP contribution < -0.4 is 0 Å². The number of hydrogen-bond donors (Lipinski definition) is 0. The number of nitrogens with zero attached hydrogens (tertiary/aromatic N) is 3. The van der Waals surface area contributed by atoms with Crippen LogP contribution in [-0.2, 0) is 11.5 Å². The van der Waals surface area contributed by atoms with Gasteiger partial charge in [0, 0.05) is 23.0 Å². The van der Waals surface area contributed by atoms with E-state index in [1.54, 1.807) is 23.5 Å². The van der Waals surface area contributed by atoms with Crippen molar-refractivity contribution in [2.24, 2.45) is 4.99 Å². The van der Waals surface area contributed by atoms with Crippen LogP contribution in [0.25, 0.3) is 0 Å². The normalized spacial score (nSPS) is 14.2. The number of benzene rings is 1. The molecule has 1 aromatic heterocycles. The Balaban J connectivity index is 1.72. The van der Waals surface area contributed by atoms with Crippen LogP contribution in [0.15, 0.2) is 29.3 Å². The van der Waals surface area contributed by atoms with Crippen molar-refractivity contribution in [3.05, 3.63) is 39.9 Å². The third kappa shape index (κ3) is 2.71. The van der Waals surface area contributed by atoms with Crippen LogP contribution in [0.5, 0.6) is 0 Å². The summed E-state index contributed by atoms with van der Waals surface area (Å²) in [5, 5.41) is 4.00. The Morgan fingerprint density at radius 3 is 3.06 bits per heavy atom. The maximum Gasteiger partial charge on any atom is 0.138 e. The molecule has 1 aliphatic heterocycles. The van der Waals surface area contributed by atoms with E-state index in [1.807, 2.05) is 18.2 Å². The molecule has 3 nitrogen and oxygen atoms in total.